The van der Waals surface area contributed by atoms with Crippen LogP contribution in [-0.2, 0) is 9.53 Å². The maximum Gasteiger partial charge on any atom is 0.307 e. The summed E-state index contributed by atoms with van der Waals surface area (Å²) in [6.45, 7) is 0.662. The van der Waals surface area contributed by atoms with Gasteiger partial charge in [-0.25, -0.2) is 9.97 Å². The number of aromatic nitrogens is 2. The van der Waals surface area contributed by atoms with Crippen LogP contribution in [0.5, 0.6) is 0 Å². The van der Waals surface area contributed by atoms with E-state index in [4.69, 9.17) is 0 Å². The van der Waals surface area contributed by atoms with Crippen LogP contribution >= 0.6 is 0 Å². The minimum absolute atomic E-state index is 0.0890. The number of methoxy groups -OCH3 is 1. The van der Waals surface area contributed by atoms with Crippen LogP contribution in [0.3, 0.4) is 0 Å². The molecule has 0 spiro atoms. The van der Waals surface area contributed by atoms with Gasteiger partial charge in [0.2, 0.25) is 0 Å². The summed E-state index contributed by atoms with van der Waals surface area (Å²) in [6.07, 6.45) is 7.44. The van der Waals surface area contributed by atoms with Gasteiger partial charge in [-0.2, -0.15) is 0 Å². The number of hydrogen-bond donors (Lipinski definition) is 0. The number of amides is 1. The van der Waals surface area contributed by atoms with Crippen molar-refractivity contribution in [2.75, 3.05) is 13.7 Å². The molecule has 1 aliphatic rings. The maximum atomic E-state index is 12.4. The van der Waals surface area contributed by atoms with E-state index in [-0.39, 0.29) is 24.3 Å². The molecule has 0 aromatic carbocycles. The zero-order valence-corrected chi connectivity index (χ0v) is 10.9. The van der Waals surface area contributed by atoms with Gasteiger partial charge in [-0.05, 0) is 19.3 Å². The molecule has 0 bridgehead atoms. The Bertz CT molecular complexity index is 450. The average Bonchev–Trinajstić information content (AvgIpc) is 2.48. The lowest BCUT2D eigenvalue weighted by Gasteiger charge is -2.35. The summed E-state index contributed by atoms with van der Waals surface area (Å²) in [6, 6.07) is -0.0890. The lowest BCUT2D eigenvalue weighted by Crippen LogP contribution is -2.44. The van der Waals surface area contributed by atoms with Crippen LogP contribution in [-0.4, -0.2) is 46.4 Å². The Morgan fingerprint density at radius 2 is 2.11 bits per heavy atom. The van der Waals surface area contributed by atoms with E-state index in [1.807, 2.05) is 0 Å². The van der Waals surface area contributed by atoms with Crippen molar-refractivity contribution in [3.63, 3.8) is 0 Å². The van der Waals surface area contributed by atoms with Crippen LogP contribution in [0.25, 0.3) is 0 Å². The normalized spacial score (nSPS) is 19.0. The Kier molecular flexibility index (Phi) is 4.43. The number of carbonyl (C=O) groups is 2. The number of carbonyl (C=O) groups excluding carboxylic acids is 2. The lowest BCUT2D eigenvalue weighted by atomic mass is 9.98. The van der Waals surface area contributed by atoms with E-state index in [1.165, 1.54) is 25.8 Å². The maximum absolute atomic E-state index is 12.4. The van der Waals surface area contributed by atoms with Gasteiger partial charge in [0, 0.05) is 25.0 Å². The predicted molar refractivity (Wildman–Crippen MR) is 67.3 cm³/mol. The molecule has 0 aliphatic carbocycles. The van der Waals surface area contributed by atoms with Gasteiger partial charge in [-0.1, -0.05) is 0 Å². The van der Waals surface area contributed by atoms with Crippen molar-refractivity contribution in [2.45, 2.75) is 31.7 Å². The fourth-order valence-corrected chi connectivity index (χ4v) is 2.33. The smallest absolute Gasteiger partial charge is 0.307 e. The molecule has 1 aliphatic heterocycles. The Morgan fingerprint density at radius 1 is 1.37 bits per heavy atom. The average molecular weight is 263 g/mol. The molecule has 0 radical (unpaired) electrons. The van der Waals surface area contributed by atoms with Crippen molar-refractivity contribution in [3.05, 3.63) is 24.3 Å². The number of nitrogens with zero attached hydrogens (tertiary/aromatic N) is 3. The number of piperidine rings is 1. The van der Waals surface area contributed by atoms with Gasteiger partial charge in [0.1, 0.15) is 6.33 Å². The van der Waals surface area contributed by atoms with Crippen molar-refractivity contribution < 1.29 is 14.3 Å². The molecule has 1 saturated heterocycles. The molecular formula is C13H17N3O3. The molecule has 1 aromatic rings. The molecule has 1 amide bonds. The van der Waals surface area contributed by atoms with Gasteiger partial charge < -0.3 is 9.64 Å². The van der Waals surface area contributed by atoms with E-state index in [2.05, 4.69) is 14.7 Å². The second-order valence-corrected chi connectivity index (χ2v) is 4.56. The van der Waals surface area contributed by atoms with E-state index in [1.54, 1.807) is 4.90 Å². The monoisotopic (exact) mass is 263 g/mol. The SMILES string of the molecule is COC(=O)CC1CCCCN1C(=O)c1cncnc1. The van der Waals surface area contributed by atoms with Crippen LogP contribution in [0.1, 0.15) is 36.0 Å². The molecule has 6 nitrogen and oxygen atoms in total. The molecule has 6 heteroatoms. The largest absolute Gasteiger partial charge is 0.469 e. The van der Waals surface area contributed by atoms with Crippen LogP contribution in [0.2, 0.25) is 0 Å². The molecule has 0 N–H and O–H groups in total. The molecule has 1 aromatic heterocycles. The van der Waals surface area contributed by atoms with E-state index < -0.39 is 0 Å². The van der Waals surface area contributed by atoms with Gasteiger partial charge >= 0.3 is 5.97 Å². The number of ether oxygens (including phenoxy) is 1. The number of likely N-dealkylation sites (tertiary alicyclic amines) is 1. The summed E-state index contributed by atoms with van der Waals surface area (Å²) in [7, 11) is 1.36. The van der Waals surface area contributed by atoms with E-state index >= 15 is 0 Å². The Labute approximate surface area is 111 Å². The van der Waals surface area contributed by atoms with Gasteiger partial charge in [-0.3, -0.25) is 9.59 Å². The first-order valence-electron chi connectivity index (χ1n) is 6.35. The van der Waals surface area contributed by atoms with Crippen LogP contribution in [0, 0.1) is 0 Å². The van der Waals surface area contributed by atoms with Crippen molar-refractivity contribution in [3.8, 4) is 0 Å². The lowest BCUT2D eigenvalue weighted by molar-refractivity contribution is -0.142. The number of hydrogen-bond acceptors (Lipinski definition) is 5. The van der Waals surface area contributed by atoms with Crippen molar-refractivity contribution in [1.29, 1.82) is 0 Å². The first-order valence-corrected chi connectivity index (χ1v) is 6.35. The zero-order chi connectivity index (χ0) is 13.7. The summed E-state index contributed by atoms with van der Waals surface area (Å²) in [5.41, 5.74) is 0.458. The molecule has 1 atom stereocenters. The molecule has 1 unspecified atom stereocenters. The first-order chi connectivity index (χ1) is 9.22. The van der Waals surface area contributed by atoms with E-state index in [0.29, 0.717) is 12.1 Å². The fraction of sp³-hybridized carbons (Fsp3) is 0.538. The molecular weight excluding hydrogens is 246 g/mol. The van der Waals surface area contributed by atoms with Crippen molar-refractivity contribution >= 4 is 11.9 Å². The number of rotatable bonds is 3. The minimum atomic E-state index is -0.283. The van der Waals surface area contributed by atoms with Crippen LogP contribution in [0.15, 0.2) is 18.7 Å². The molecule has 0 saturated carbocycles. The second kappa shape index (κ2) is 6.26. The second-order valence-electron chi connectivity index (χ2n) is 4.56. The fourth-order valence-electron chi connectivity index (χ4n) is 2.33. The molecule has 1 fully saturated rings. The summed E-state index contributed by atoms with van der Waals surface area (Å²) in [5, 5.41) is 0. The minimum Gasteiger partial charge on any atom is -0.469 e. The molecule has 2 rings (SSSR count). The highest BCUT2D eigenvalue weighted by molar-refractivity contribution is 5.94. The topological polar surface area (TPSA) is 72.4 Å². The van der Waals surface area contributed by atoms with Crippen molar-refractivity contribution in [1.82, 2.24) is 14.9 Å². The third kappa shape index (κ3) is 3.27. The molecule has 102 valence electrons. The van der Waals surface area contributed by atoms with Gasteiger partial charge in [0.05, 0.1) is 19.1 Å². The Hall–Kier alpha value is -1.98. The van der Waals surface area contributed by atoms with E-state index in [0.717, 1.165) is 19.3 Å². The third-order valence-corrected chi connectivity index (χ3v) is 3.33. The zero-order valence-electron chi connectivity index (χ0n) is 10.9. The molecule has 2 heterocycles. The number of esters is 1. The summed E-state index contributed by atoms with van der Waals surface area (Å²) in [4.78, 5) is 33.2. The highest BCUT2D eigenvalue weighted by atomic mass is 16.5. The van der Waals surface area contributed by atoms with Gasteiger partial charge in [0.15, 0.2) is 0 Å². The van der Waals surface area contributed by atoms with Gasteiger partial charge in [-0.15, -0.1) is 0 Å². The Morgan fingerprint density at radius 3 is 2.79 bits per heavy atom. The summed E-state index contributed by atoms with van der Waals surface area (Å²) < 4.78 is 4.69. The Balaban J connectivity index is 2.11. The predicted octanol–water partition coefficient (Wildman–Crippen LogP) is 1.03. The highest BCUT2D eigenvalue weighted by Crippen LogP contribution is 2.22. The highest BCUT2D eigenvalue weighted by Gasteiger charge is 2.29. The summed E-state index contributed by atoms with van der Waals surface area (Å²) >= 11 is 0. The summed E-state index contributed by atoms with van der Waals surface area (Å²) in [5.74, 6) is -0.400. The first kappa shape index (κ1) is 13.5. The van der Waals surface area contributed by atoms with E-state index in [9.17, 15) is 9.59 Å². The third-order valence-electron chi connectivity index (χ3n) is 3.33. The molecule has 19 heavy (non-hydrogen) atoms. The quantitative estimate of drug-likeness (QED) is 0.762. The standard InChI is InChI=1S/C13H17N3O3/c1-19-12(17)6-11-4-2-3-5-16(11)13(18)10-7-14-9-15-8-10/h7-9,11H,2-6H2,1H3. The van der Waals surface area contributed by atoms with Crippen LogP contribution in [0.4, 0.5) is 0 Å². The van der Waals surface area contributed by atoms with Crippen LogP contribution < -0.4 is 0 Å². The van der Waals surface area contributed by atoms with Crippen molar-refractivity contribution in [2.24, 2.45) is 0 Å². The van der Waals surface area contributed by atoms with Gasteiger partial charge in [0.25, 0.3) is 5.91 Å².